The Bertz CT molecular complexity index is 1070. The maximum atomic E-state index is 13.7. The molecule has 3 aromatic rings. The molecule has 170 valence electrons. The van der Waals surface area contributed by atoms with Crippen molar-refractivity contribution < 1.29 is 9.53 Å². The molecule has 0 spiro atoms. The van der Waals surface area contributed by atoms with Gasteiger partial charge in [0.25, 0.3) is 5.91 Å². The van der Waals surface area contributed by atoms with E-state index in [1.54, 1.807) is 25.3 Å². The highest BCUT2D eigenvalue weighted by Gasteiger charge is 2.27. The molecule has 0 aliphatic heterocycles. The largest absolute Gasteiger partial charge is 0.496 e. The van der Waals surface area contributed by atoms with Gasteiger partial charge in [-0.3, -0.25) is 4.79 Å². The molecule has 6 nitrogen and oxygen atoms in total. The second kappa shape index (κ2) is 10.3. The molecule has 1 aliphatic carbocycles. The molecule has 1 amide bonds. The molecule has 0 radical (unpaired) electrons. The maximum absolute atomic E-state index is 13.7. The highest BCUT2D eigenvalue weighted by Crippen LogP contribution is 2.34. The quantitative estimate of drug-likeness (QED) is 0.370. The Balaban J connectivity index is 1.71. The number of halogens is 1. The molecule has 0 saturated heterocycles. The van der Waals surface area contributed by atoms with Crippen molar-refractivity contribution in [2.24, 2.45) is 0 Å². The fourth-order valence-electron chi connectivity index (χ4n) is 4.63. The molecular weight excluding hydrogens is 424 g/mol. The summed E-state index contributed by atoms with van der Waals surface area (Å²) in [5.74, 6) is 1.35. The Hall–Kier alpha value is -2.60. The van der Waals surface area contributed by atoms with Gasteiger partial charge in [0.05, 0.1) is 19.2 Å². The lowest BCUT2D eigenvalue weighted by Crippen LogP contribution is -2.33. The van der Waals surface area contributed by atoms with Gasteiger partial charge < -0.3 is 14.2 Å². The first kappa shape index (κ1) is 22.6. The number of unbranched alkanes of at least 4 members (excludes halogenated alkanes) is 2. The van der Waals surface area contributed by atoms with Crippen LogP contribution in [0.1, 0.15) is 74.1 Å². The number of hydrogen-bond donors (Lipinski definition) is 0. The van der Waals surface area contributed by atoms with Gasteiger partial charge in [-0.05, 0) is 49.6 Å². The lowest BCUT2D eigenvalue weighted by atomic mass is 10.1. The second-order valence-electron chi connectivity index (χ2n) is 8.46. The predicted molar refractivity (Wildman–Crippen MR) is 127 cm³/mol. The number of nitrogens with zero attached hydrogens (tertiary/aromatic N) is 4. The number of imidazole rings is 1. The SMILES string of the molecule is CCCCCN(Cc1nc2cccnc2n1C1CCCC1)C(=O)c1cc(Cl)ccc1OC. The Morgan fingerprint density at radius 3 is 2.81 bits per heavy atom. The molecule has 0 unspecified atom stereocenters. The maximum Gasteiger partial charge on any atom is 0.258 e. The fraction of sp³-hybridized carbons (Fsp3) is 0.480. The fourth-order valence-corrected chi connectivity index (χ4v) is 4.80. The van der Waals surface area contributed by atoms with E-state index in [-0.39, 0.29) is 5.91 Å². The number of pyridine rings is 1. The van der Waals surface area contributed by atoms with Gasteiger partial charge >= 0.3 is 0 Å². The van der Waals surface area contributed by atoms with Crippen molar-refractivity contribution >= 4 is 28.7 Å². The van der Waals surface area contributed by atoms with Crippen molar-refractivity contribution in [3.8, 4) is 5.75 Å². The lowest BCUT2D eigenvalue weighted by Gasteiger charge is -2.25. The zero-order valence-electron chi connectivity index (χ0n) is 18.9. The Labute approximate surface area is 194 Å². The van der Waals surface area contributed by atoms with E-state index in [0.29, 0.717) is 35.5 Å². The van der Waals surface area contributed by atoms with Crippen molar-refractivity contribution in [1.29, 1.82) is 0 Å². The van der Waals surface area contributed by atoms with Crippen molar-refractivity contribution in [3.05, 3.63) is 52.9 Å². The van der Waals surface area contributed by atoms with Crippen LogP contribution in [0, 0.1) is 0 Å². The van der Waals surface area contributed by atoms with Crippen molar-refractivity contribution in [2.75, 3.05) is 13.7 Å². The van der Waals surface area contributed by atoms with Crippen LogP contribution in [0.5, 0.6) is 5.75 Å². The molecule has 2 heterocycles. The third-order valence-corrected chi connectivity index (χ3v) is 6.49. The molecule has 1 aromatic carbocycles. The van der Waals surface area contributed by atoms with Crippen LogP contribution in [0.25, 0.3) is 11.2 Å². The number of hydrogen-bond acceptors (Lipinski definition) is 4. The first-order valence-corrected chi connectivity index (χ1v) is 11.9. The van der Waals surface area contributed by atoms with Crippen LogP contribution in [0.3, 0.4) is 0 Å². The zero-order chi connectivity index (χ0) is 22.5. The molecule has 7 heteroatoms. The first-order chi connectivity index (χ1) is 15.6. The summed E-state index contributed by atoms with van der Waals surface area (Å²) < 4.78 is 7.74. The van der Waals surface area contributed by atoms with E-state index in [4.69, 9.17) is 21.3 Å². The average molecular weight is 455 g/mol. The summed E-state index contributed by atoms with van der Waals surface area (Å²) in [6.45, 7) is 3.26. The van der Waals surface area contributed by atoms with Crippen LogP contribution in [0.2, 0.25) is 5.02 Å². The van der Waals surface area contributed by atoms with E-state index >= 15 is 0 Å². The van der Waals surface area contributed by atoms with E-state index < -0.39 is 0 Å². The van der Waals surface area contributed by atoms with E-state index in [1.165, 1.54) is 12.8 Å². The average Bonchev–Trinajstić information content (AvgIpc) is 3.45. The van der Waals surface area contributed by atoms with Gasteiger partial charge in [0.2, 0.25) is 0 Å². The number of methoxy groups -OCH3 is 1. The Kier molecular flexibility index (Phi) is 7.30. The number of aromatic nitrogens is 3. The molecule has 1 fully saturated rings. The lowest BCUT2D eigenvalue weighted by molar-refractivity contribution is 0.0729. The normalized spacial score (nSPS) is 14.2. The molecule has 0 N–H and O–H groups in total. The minimum Gasteiger partial charge on any atom is -0.496 e. The first-order valence-electron chi connectivity index (χ1n) is 11.6. The third kappa shape index (κ3) is 4.75. The van der Waals surface area contributed by atoms with Gasteiger partial charge in [-0.2, -0.15) is 0 Å². The second-order valence-corrected chi connectivity index (χ2v) is 8.90. The zero-order valence-corrected chi connectivity index (χ0v) is 19.6. The monoisotopic (exact) mass is 454 g/mol. The molecule has 1 aliphatic rings. The van der Waals surface area contributed by atoms with Gasteiger partial charge in [0, 0.05) is 23.8 Å². The van der Waals surface area contributed by atoms with Gasteiger partial charge in [-0.15, -0.1) is 0 Å². The van der Waals surface area contributed by atoms with Crippen LogP contribution >= 0.6 is 11.6 Å². The Morgan fingerprint density at radius 2 is 2.06 bits per heavy atom. The number of fused-ring (bicyclic) bond motifs is 1. The molecule has 4 rings (SSSR count). The van der Waals surface area contributed by atoms with Crippen molar-refractivity contribution in [1.82, 2.24) is 19.4 Å². The third-order valence-electron chi connectivity index (χ3n) is 6.25. The van der Waals surface area contributed by atoms with Crippen LogP contribution < -0.4 is 4.74 Å². The molecule has 0 atom stereocenters. The van der Waals surface area contributed by atoms with E-state index in [2.05, 4.69) is 16.5 Å². The van der Waals surface area contributed by atoms with E-state index in [9.17, 15) is 4.79 Å². The van der Waals surface area contributed by atoms with Crippen LogP contribution in [-0.2, 0) is 6.54 Å². The van der Waals surface area contributed by atoms with Crippen LogP contribution in [0.15, 0.2) is 36.5 Å². The predicted octanol–water partition coefficient (Wildman–Crippen LogP) is 6.04. The smallest absolute Gasteiger partial charge is 0.258 e. The summed E-state index contributed by atoms with van der Waals surface area (Å²) >= 11 is 6.22. The van der Waals surface area contributed by atoms with Crippen molar-refractivity contribution in [2.45, 2.75) is 64.5 Å². The summed E-state index contributed by atoms with van der Waals surface area (Å²) in [5, 5.41) is 0.519. The van der Waals surface area contributed by atoms with Crippen LogP contribution in [-0.4, -0.2) is 39.0 Å². The summed E-state index contributed by atoms with van der Waals surface area (Å²) in [4.78, 5) is 25.1. The highest BCUT2D eigenvalue weighted by atomic mass is 35.5. The van der Waals surface area contributed by atoms with Crippen molar-refractivity contribution in [3.63, 3.8) is 0 Å². The summed E-state index contributed by atoms with van der Waals surface area (Å²) in [7, 11) is 1.58. The Morgan fingerprint density at radius 1 is 1.25 bits per heavy atom. The number of amides is 1. The molecular formula is C25H31ClN4O2. The van der Waals surface area contributed by atoms with Crippen LogP contribution in [0.4, 0.5) is 0 Å². The number of rotatable bonds is 9. The molecule has 0 bridgehead atoms. The topological polar surface area (TPSA) is 60.2 Å². The van der Waals surface area contributed by atoms with E-state index in [0.717, 1.165) is 49.1 Å². The number of carbonyl (C=O) groups is 1. The number of ether oxygens (including phenoxy) is 1. The molecule has 1 saturated carbocycles. The highest BCUT2D eigenvalue weighted by molar-refractivity contribution is 6.31. The number of benzene rings is 1. The minimum atomic E-state index is -0.0848. The van der Waals surface area contributed by atoms with Gasteiger partial charge in [-0.25, -0.2) is 9.97 Å². The molecule has 2 aromatic heterocycles. The summed E-state index contributed by atoms with van der Waals surface area (Å²) in [6.07, 6.45) is 9.60. The van der Waals surface area contributed by atoms with E-state index in [1.807, 2.05) is 23.2 Å². The summed E-state index contributed by atoms with van der Waals surface area (Å²) in [6, 6.07) is 9.48. The van der Waals surface area contributed by atoms with Gasteiger partial charge in [-0.1, -0.05) is 44.2 Å². The number of carbonyl (C=O) groups excluding carboxylic acids is 1. The van der Waals surface area contributed by atoms with Gasteiger partial charge in [0.1, 0.15) is 17.1 Å². The molecule has 32 heavy (non-hydrogen) atoms. The minimum absolute atomic E-state index is 0.0848. The summed E-state index contributed by atoms with van der Waals surface area (Å²) in [5.41, 5.74) is 2.28. The van der Waals surface area contributed by atoms with Gasteiger partial charge in [0.15, 0.2) is 5.65 Å². The standard InChI is InChI=1S/C25H31ClN4O2/c1-3-4-7-15-29(25(31)20-16-18(26)12-13-22(20)32-2)17-23-28-21-11-8-14-27-24(21)30(23)19-9-5-6-10-19/h8,11-14,16,19H,3-7,9-10,15,17H2,1-2H3.